The number of hydrogen-bond acceptors (Lipinski definition) is 4. The smallest absolute Gasteiger partial charge is 0.267 e. The number of nitrogens with zero attached hydrogens (tertiary/aromatic N) is 3. The molecule has 0 aliphatic carbocycles. The summed E-state index contributed by atoms with van der Waals surface area (Å²) >= 11 is 0. The van der Waals surface area contributed by atoms with E-state index in [4.69, 9.17) is 4.84 Å². The lowest BCUT2D eigenvalue weighted by Gasteiger charge is -2.20. The highest BCUT2D eigenvalue weighted by Crippen LogP contribution is 2.26. The van der Waals surface area contributed by atoms with Crippen LogP contribution in [-0.4, -0.2) is 27.0 Å². The summed E-state index contributed by atoms with van der Waals surface area (Å²) in [5.74, 6) is -0.168. The van der Waals surface area contributed by atoms with Crippen LogP contribution in [-0.2, 0) is 22.7 Å². The second-order valence-corrected chi connectivity index (χ2v) is 6.18. The van der Waals surface area contributed by atoms with Crippen molar-refractivity contribution in [1.29, 1.82) is 0 Å². The van der Waals surface area contributed by atoms with Crippen molar-refractivity contribution in [2.24, 2.45) is 5.16 Å². The first-order chi connectivity index (χ1) is 11.5. The van der Waals surface area contributed by atoms with Crippen LogP contribution in [0.2, 0.25) is 0 Å². The summed E-state index contributed by atoms with van der Waals surface area (Å²) < 4.78 is 1.89. The van der Waals surface area contributed by atoms with Gasteiger partial charge in [-0.15, -0.1) is 0 Å². The van der Waals surface area contributed by atoms with E-state index in [2.05, 4.69) is 15.6 Å². The number of rotatable bonds is 5. The van der Waals surface area contributed by atoms with Gasteiger partial charge in [0.05, 0.1) is 23.6 Å². The fourth-order valence-corrected chi connectivity index (χ4v) is 2.82. The van der Waals surface area contributed by atoms with Crippen molar-refractivity contribution in [2.75, 3.05) is 0 Å². The molecule has 0 spiro atoms. The van der Waals surface area contributed by atoms with Gasteiger partial charge in [0.1, 0.15) is 0 Å². The van der Waals surface area contributed by atoms with Gasteiger partial charge < -0.3 is 10.2 Å². The predicted molar refractivity (Wildman–Crippen MR) is 91.6 cm³/mol. The first-order valence-corrected chi connectivity index (χ1v) is 8.14. The van der Waals surface area contributed by atoms with Gasteiger partial charge in [0.15, 0.2) is 0 Å². The molecule has 1 N–H and O–H groups in total. The van der Waals surface area contributed by atoms with Crippen LogP contribution in [0.3, 0.4) is 0 Å². The Morgan fingerprint density at radius 3 is 2.83 bits per heavy atom. The number of aromatic nitrogens is 2. The highest BCUT2D eigenvalue weighted by molar-refractivity contribution is 6.05. The summed E-state index contributed by atoms with van der Waals surface area (Å²) in [5.41, 5.74) is 2.72. The van der Waals surface area contributed by atoms with E-state index in [9.17, 15) is 4.79 Å². The Morgan fingerprint density at radius 1 is 1.38 bits per heavy atom. The third-order valence-electron chi connectivity index (χ3n) is 4.16. The third kappa shape index (κ3) is 3.18. The molecule has 1 aliphatic heterocycles. The summed E-state index contributed by atoms with van der Waals surface area (Å²) in [4.78, 5) is 18.1. The fraction of sp³-hybridized carbons (Fsp3) is 0.389. The van der Waals surface area contributed by atoms with E-state index in [1.807, 2.05) is 54.9 Å². The van der Waals surface area contributed by atoms with Gasteiger partial charge >= 0.3 is 0 Å². The lowest BCUT2D eigenvalue weighted by Crippen LogP contribution is -2.44. The van der Waals surface area contributed by atoms with E-state index in [0.717, 1.165) is 29.2 Å². The van der Waals surface area contributed by atoms with E-state index in [1.54, 1.807) is 6.92 Å². The van der Waals surface area contributed by atoms with Crippen LogP contribution in [0.5, 0.6) is 0 Å². The van der Waals surface area contributed by atoms with Crippen LogP contribution >= 0.6 is 0 Å². The lowest BCUT2D eigenvalue weighted by atomic mass is 9.95. The molecule has 2 aromatic rings. The van der Waals surface area contributed by atoms with E-state index in [0.29, 0.717) is 13.0 Å². The zero-order chi connectivity index (χ0) is 17.2. The van der Waals surface area contributed by atoms with E-state index >= 15 is 0 Å². The first kappa shape index (κ1) is 16.2. The Bertz CT molecular complexity index is 767. The highest BCUT2D eigenvalue weighted by atomic mass is 16.7. The minimum absolute atomic E-state index is 0.168. The zero-order valence-corrected chi connectivity index (χ0v) is 14.2. The fourth-order valence-electron chi connectivity index (χ4n) is 2.82. The number of carbonyl (C=O) groups excluding carboxylic acids is 1. The molecule has 1 aromatic heterocycles. The molecular formula is C18H22N4O2. The highest BCUT2D eigenvalue weighted by Gasteiger charge is 2.42. The molecule has 6 nitrogen and oxygen atoms in total. The minimum atomic E-state index is -0.975. The van der Waals surface area contributed by atoms with Crippen LogP contribution in [0.25, 0.3) is 0 Å². The van der Waals surface area contributed by atoms with Gasteiger partial charge in [0.2, 0.25) is 5.60 Å². The molecule has 0 saturated heterocycles. The monoisotopic (exact) mass is 326 g/mol. The molecule has 0 fully saturated rings. The van der Waals surface area contributed by atoms with Gasteiger partial charge in [-0.1, -0.05) is 35.5 Å². The number of benzene rings is 1. The van der Waals surface area contributed by atoms with Crippen LogP contribution in [0.1, 0.15) is 37.2 Å². The van der Waals surface area contributed by atoms with Crippen molar-refractivity contribution < 1.29 is 9.63 Å². The Morgan fingerprint density at radius 2 is 2.12 bits per heavy atom. The van der Waals surface area contributed by atoms with Crippen molar-refractivity contribution >= 4 is 11.6 Å². The van der Waals surface area contributed by atoms with Crippen LogP contribution in [0, 0.1) is 6.92 Å². The molecule has 3 rings (SSSR count). The Balaban J connectivity index is 1.63. The largest absolute Gasteiger partial charge is 0.379 e. The molecule has 0 saturated carbocycles. The summed E-state index contributed by atoms with van der Waals surface area (Å²) in [6, 6.07) is 11.8. The van der Waals surface area contributed by atoms with Gasteiger partial charge in [-0.05, 0) is 32.4 Å². The predicted octanol–water partition coefficient (Wildman–Crippen LogP) is 2.41. The lowest BCUT2D eigenvalue weighted by molar-refractivity contribution is -0.141. The number of nitrogens with one attached hydrogen (secondary N) is 1. The van der Waals surface area contributed by atoms with Crippen molar-refractivity contribution in [3.63, 3.8) is 0 Å². The van der Waals surface area contributed by atoms with Crippen LogP contribution < -0.4 is 5.32 Å². The van der Waals surface area contributed by atoms with Gasteiger partial charge in [-0.25, -0.2) is 0 Å². The maximum absolute atomic E-state index is 12.6. The Labute approximate surface area is 141 Å². The number of hydrogen-bond donors (Lipinski definition) is 1. The second kappa shape index (κ2) is 6.47. The van der Waals surface area contributed by atoms with Crippen LogP contribution in [0.4, 0.5) is 0 Å². The van der Waals surface area contributed by atoms with Crippen molar-refractivity contribution in [2.45, 2.75) is 45.9 Å². The number of oxime groups is 1. The average Bonchev–Trinajstić information content (AvgIpc) is 3.17. The summed E-state index contributed by atoms with van der Waals surface area (Å²) in [6.45, 7) is 6.93. The zero-order valence-electron chi connectivity index (χ0n) is 14.2. The van der Waals surface area contributed by atoms with Crippen LogP contribution in [0.15, 0.2) is 41.6 Å². The number of carbonyl (C=O) groups is 1. The normalized spacial score (nSPS) is 19.7. The summed E-state index contributed by atoms with van der Waals surface area (Å²) in [6.07, 6.45) is 0.453. The van der Waals surface area contributed by atoms with Crippen molar-refractivity contribution in [3.05, 3.63) is 53.3 Å². The molecular weight excluding hydrogens is 304 g/mol. The average molecular weight is 326 g/mol. The Kier molecular flexibility index (Phi) is 4.38. The topological polar surface area (TPSA) is 68.5 Å². The standard InChI is InChI=1S/C18H22N4O2/c1-4-22-15(10-13(2)20-22)12-19-17(23)18(3)11-16(21-24-18)14-8-6-5-7-9-14/h5-10H,4,11-12H2,1-3H3,(H,19,23). The number of aryl methyl sites for hydroxylation is 2. The molecule has 2 heterocycles. The maximum Gasteiger partial charge on any atom is 0.267 e. The quantitative estimate of drug-likeness (QED) is 0.917. The van der Waals surface area contributed by atoms with Gasteiger partial charge in [-0.3, -0.25) is 9.48 Å². The molecule has 1 aliphatic rings. The first-order valence-electron chi connectivity index (χ1n) is 8.14. The van der Waals surface area contributed by atoms with Gasteiger partial charge in [-0.2, -0.15) is 5.10 Å². The molecule has 0 bridgehead atoms. The van der Waals surface area contributed by atoms with Crippen molar-refractivity contribution in [1.82, 2.24) is 15.1 Å². The summed E-state index contributed by atoms with van der Waals surface area (Å²) in [5, 5.41) is 11.4. The molecule has 0 radical (unpaired) electrons. The molecule has 1 atom stereocenters. The SMILES string of the molecule is CCn1nc(C)cc1CNC(=O)C1(C)CC(c2ccccc2)=NO1. The molecule has 126 valence electrons. The molecule has 1 amide bonds. The molecule has 24 heavy (non-hydrogen) atoms. The van der Waals surface area contributed by atoms with E-state index in [-0.39, 0.29) is 5.91 Å². The summed E-state index contributed by atoms with van der Waals surface area (Å²) in [7, 11) is 0. The maximum atomic E-state index is 12.6. The second-order valence-electron chi connectivity index (χ2n) is 6.18. The molecule has 1 unspecified atom stereocenters. The third-order valence-corrected chi connectivity index (χ3v) is 4.16. The number of amides is 1. The van der Waals surface area contributed by atoms with Gasteiger partial charge in [0, 0.05) is 13.0 Å². The van der Waals surface area contributed by atoms with E-state index < -0.39 is 5.60 Å². The van der Waals surface area contributed by atoms with Gasteiger partial charge in [0.25, 0.3) is 5.91 Å². The molecule has 1 aromatic carbocycles. The Hall–Kier alpha value is -2.63. The van der Waals surface area contributed by atoms with E-state index in [1.165, 1.54) is 0 Å². The van der Waals surface area contributed by atoms with Crippen molar-refractivity contribution in [3.8, 4) is 0 Å². The molecule has 6 heteroatoms. The minimum Gasteiger partial charge on any atom is -0.379 e.